The number of hydrogen-bond donors (Lipinski definition) is 1. The summed E-state index contributed by atoms with van der Waals surface area (Å²) in [6.45, 7) is 0. The van der Waals surface area contributed by atoms with Crippen molar-refractivity contribution >= 4 is 38.9 Å². The molecular weight excluding hydrogens is 341 g/mol. The summed E-state index contributed by atoms with van der Waals surface area (Å²) in [7, 11) is 1.56. The van der Waals surface area contributed by atoms with Crippen LogP contribution in [0.25, 0.3) is 0 Å². The summed E-state index contributed by atoms with van der Waals surface area (Å²) in [5.41, 5.74) is 6.42. The molecule has 1 aromatic heterocycles. The van der Waals surface area contributed by atoms with E-state index in [9.17, 15) is 4.39 Å². The molecule has 1 unspecified atom stereocenters. The van der Waals surface area contributed by atoms with Gasteiger partial charge in [0.05, 0.1) is 23.1 Å². The van der Waals surface area contributed by atoms with Crippen molar-refractivity contribution in [3.8, 4) is 5.75 Å². The fourth-order valence-electron chi connectivity index (χ4n) is 1.63. The zero-order valence-corrected chi connectivity index (χ0v) is 12.6. The highest BCUT2D eigenvalue weighted by Crippen LogP contribution is 2.37. The Labute approximate surface area is 122 Å². The predicted molar refractivity (Wildman–Crippen MR) is 76.0 cm³/mol. The van der Waals surface area contributed by atoms with Gasteiger partial charge in [0.15, 0.2) is 0 Å². The monoisotopic (exact) mass is 349 g/mol. The van der Waals surface area contributed by atoms with E-state index >= 15 is 0 Å². The number of benzene rings is 1. The van der Waals surface area contributed by atoms with Crippen molar-refractivity contribution in [2.45, 2.75) is 6.04 Å². The maximum absolute atomic E-state index is 14.1. The van der Waals surface area contributed by atoms with Crippen LogP contribution in [0.3, 0.4) is 0 Å². The lowest BCUT2D eigenvalue weighted by atomic mass is 10.1. The Morgan fingerprint density at radius 3 is 2.83 bits per heavy atom. The van der Waals surface area contributed by atoms with Gasteiger partial charge in [-0.25, -0.2) is 4.39 Å². The molecule has 96 valence electrons. The van der Waals surface area contributed by atoms with Crippen molar-refractivity contribution in [2.75, 3.05) is 7.11 Å². The van der Waals surface area contributed by atoms with E-state index in [4.69, 9.17) is 22.1 Å². The molecule has 2 N–H and O–H groups in total. The zero-order chi connectivity index (χ0) is 13.3. The first-order valence-electron chi connectivity index (χ1n) is 5.06. The Kier molecular flexibility index (Phi) is 4.27. The molecule has 0 amide bonds. The Morgan fingerprint density at radius 1 is 1.44 bits per heavy atom. The quantitative estimate of drug-likeness (QED) is 0.835. The highest BCUT2D eigenvalue weighted by Gasteiger charge is 2.21. The van der Waals surface area contributed by atoms with E-state index < -0.39 is 11.9 Å². The van der Waals surface area contributed by atoms with Gasteiger partial charge in [0, 0.05) is 10.0 Å². The maximum atomic E-state index is 14.1. The fraction of sp³-hybridized carbons (Fsp3) is 0.167. The molecule has 1 aromatic carbocycles. The van der Waals surface area contributed by atoms with Gasteiger partial charge in [-0.2, -0.15) is 0 Å². The van der Waals surface area contributed by atoms with Crippen molar-refractivity contribution in [1.29, 1.82) is 0 Å². The van der Waals surface area contributed by atoms with Crippen molar-refractivity contribution < 1.29 is 9.13 Å². The molecule has 2 nitrogen and oxygen atoms in total. The van der Waals surface area contributed by atoms with Crippen molar-refractivity contribution in [3.05, 3.63) is 49.3 Å². The van der Waals surface area contributed by atoms with Crippen LogP contribution in [0.4, 0.5) is 4.39 Å². The molecule has 2 aromatic rings. The van der Waals surface area contributed by atoms with Gasteiger partial charge in [0.2, 0.25) is 0 Å². The first kappa shape index (κ1) is 13.8. The van der Waals surface area contributed by atoms with Crippen LogP contribution in [0.15, 0.2) is 28.1 Å². The molecule has 0 bridgehead atoms. The van der Waals surface area contributed by atoms with Crippen molar-refractivity contribution in [3.63, 3.8) is 0 Å². The van der Waals surface area contributed by atoms with E-state index in [1.807, 2.05) is 5.38 Å². The normalized spacial score (nSPS) is 12.5. The van der Waals surface area contributed by atoms with Crippen molar-refractivity contribution in [2.24, 2.45) is 5.73 Å². The molecule has 0 aliphatic rings. The smallest absolute Gasteiger partial charge is 0.148 e. The zero-order valence-electron chi connectivity index (χ0n) is 9.41. The van der Waals surface area contributed by atoms with Gasteiger partial charge in [0.25, 0.3) is 0 Å². The van der Waals surface area contributed by atoms with E-state index in [0.29, 0.717) is 15.8 Å². The molecule has 0 saturated heterocycles. The minimum absolute atomic E-state index is 0.0403. The molecule has 0 radical (unpaired) electrons. The molecule has 6 heteroatoms. The SMILES string of the molecule is COc1ccsc1C(N)c1ccc(Br)c(Cl)c1F. The summed E-state index contributed by atoms with van der Waals surface area (Å²) in [6, 6.07) is 4.51. The number of halogens is 3. The molecule has 18 heavy (non-hydrogen) atoms. The summed E-state index contributed by atoms with van der Waals surface area (Å²) < 4.78 is 19.8. The Bertz CT molecular complexity index is 575. The van der Waals surface area contributed by atoms with Crippen LogP contribution in [-0.4, -0.2) is 7.11 Å². The Hall–Kier alpha value is -0.620. The number of rotatable bonds is 3. The minimum Gasteiger partial charge on any atom is -0.496 e. The molecule has 0 spiro atoms. The van der Waals surface area contributed by atoms with E-state index in [-0.39, 0.29) is 5.02 Å². The van der Waals surface area contributed by atoms with E-state index in [2.05, 4.69) is 15.9 Å². The van der Waals surface area contributed by atoms with Gasteiger partial charge >= 0.3 is 0 Å². The fourth-order valence-corrected chi connectivity index (χ4v) is 2.98. The van der Waals surface area contributed by atoms with Gasteiger partial charge in [-0.05, 0) is 33.4 Å². The summed E-state index contributed by atoms with van der Waals surface area (Å²) in [5, 5.41) is 1.89. The standard InChI is InChI=1S/C12H10BrClFNOS/c1-17-8-4-5-18-12(8)11(16)6-2-3-7(13)9(14)10(6)15/h2-5,11H,16H2,1H3. The van der Waals surface area contributed by atoms with Gasteiger partial charge in [0.1, 0.15) is 11.6 Å². The largest absolute Gasteiger partial charge is 0.496 e. The molecule has 0 fully saturated rings. The van der Waals surface area contributed by atoms with Crippen LogP contribution in [0, 0.1) is 5.82 Å². The number of nitrogens with two attached hydrogens (primary N) is 1. The molecule has 0 aliphatic carbocycles. The third-order valence-electron chi connectivity index (χ3n) is 2.56. The van der Waals surface area contributed by atoms with Gasteiger partial charge in [-0.1, -0.05) is 17.7 Å². The Morgan fingerprint density at radius 2 is 2.17 bits per heavy atom. The summed E-state index contributed by atoms with van der Waals surface area (Å²) in [5.74, 6) is 0.153. The van der Waals surface area contributed by atoms with Crippen LogP contribution < -0.4 is 10.5 Å². The van der Waals surface area contributed by atoms with E-state index in [1.165, 1.54) is 11.3 Å². The molecule has 2 rings (SSSR count). The summed E-state index contributed by atoms with van der Waals surface area (Å²) in [6.07, 6.45) is 0. The van der Waals surface area contributed by atoms with Crippen LogP contribution in [0.5, 0.6) is 5.75 Å². The molecule has 1 heterocycles. The molecule has 0 aliphatic heterocycles. The second-order valence-corrected chi connectivity index (χ2v) is 5.78. The van der Waals surface area contributed by atoms with Gasteiger partial charge < -0.3 is 10.5 Å². The maximum Gasteiger partial charge on any atom is 0.148 e. The average Bonchev–Trinajstić information content (AvgIpc) is 2.83. The first-order valence-corrected chi connectivity index (χ1v) is 7.11. The minimum atomic E-state index is -0.592. The predicted octanol–water partition coefficient (Wildman–Crippen LogP) is 4.36. The topological polar surface area (TPSA) is 35.2 Å². The second-order valence-electron chi connectivity index (χ2n) is 3.60. The highest BCUT2D eigenvalue weighted by molar-refractivity contribution is 9.10. The lowest BCUT2D eigenvalue weighted by molar-refractivity contribution is 0.410. The molecule has 0 saturated carbocycles. The van der Waals surface area contributed by atoms with E-state index in [1.54, 1.807) is 25.3 Å². The Balaban J connectivity index is 2.46. The lowest BCUT2D eigenvalue weighted by Crippen LogP contribution is -2.13. The van der Waals surface area contributed by atoms with Crippen molar-refractivity contribution in [1.82, 2.24) is 0 Å². The third kappa shape index (κ3) is 2.40. The van der Waals surface area contributed by atoms with Crippen LogP contribution in [0.2, 0.25) is 5.02 Å². The van der Waals surface area contributed by atoms with E-state index in [0.717, 1.165) is 4.88 Å². The highest BCUT2D eigenvalue weighted by atomic mass is 79.9. The van der Waals surface area contributed by atoms with Crippen LogP contribution in [-0.2, 0) is 0 Å². The second kappa shape index (κ2) is 5.57. The number of hydrogen-bond acceptors (Lipinski definition) is 3. The summed E-state index contributed by atoms with van der Waals surface area (Å²) in [4.78, 5) is 0.773. The lowest BCUT2D eigenvalue weighted by Gasteiger charge is -2.14. The third-order valence-corrected chi connectivity index (χ3v) is 4.80. The number of methoxy groups -OCH3 is 1. The first-order chi connectivity index (χ1) is 8.56. The van der Waals surface area contributed by atoms with Crippen LogP contribution in [0.1, 0.15) is 16.5 Å². The van der Waals surface area contributed by atoms with Gasteiger partial charge in [-0.15, -0.1) is 11.3 Å². The van der Waals surface area contributed by atoms with Gasteiger partial charge in [-0.3, -0.25) is 0 Å². The number of thiophene rings is 1. The molecular formula is C12H10BrClFNOS. The summed E-state index contributed by atoms with van der Waals surface area (Å²) >= 11 is 10.5. The van der Waals surface area contributed by atoms with Crippen LogP contribution >= 0.6 is 38.9 Å². The number of ether oxygens (including phenoxy) is 1. The molecule has 1 atom stereocenters. The average molecular weight is 351 g/mol.